The predicted octanol–water partition coefficient (Wildman–Crippen LogP) is 6.21. The van der Waals surface area contributed by atoms with Gasteiger partial charge in [0.15, 0.2) is 11.5 Å². The summed E-state index contributed by atoms with van der Waals surface area (Å²) >= 11 is 7.86. The molecule has 6 rings (SSSR count). The van der Waals surface area contributed by atoms with Crippen molar-refractivity contribution in [2.45, 2.75) is 50.5 Å². The molecule has 48 heavy (non-hydrogen) atoms. The van der Waals surface area contributed by atoms with Crippen LogP contribution in [0.3, 0.4) is 0 Å². The van der Waals surface area contributed by atoms with Crippen LogP contribution >= 0.6 is 22.9 Å². The first-order chi connectivity index (χ1) is 23.4. The van der Waals surface area contributed by atoms with Crippen LogP contribution in [0.2, 0.25) is 5.02 Å². The van der Waals surface area contributed by atoms with Gasteiger partial charge in [-0.1, -0.05) is 48.5 Å². The van der Waals surface area contributed by atoms with Crippen LogP contribution in [0.15, 0.2) is 97.2 Å². The van der Waals surface area contributed by atoms with E-state index < -0.39 is 18.1 Å². The monoisotopic (exact) mass is 691 g/mol. The quantitative estimate of drug-likeness (QED) is 0.107. The number of pyridine rings is 1. The van der Waals surface area contributed by atoms with Crippen molar-refractivity contribution < 1.29 is 28.5 Å². The summed E-state index contributed by atoms with van der Waals surface area (Å²) in [4.78, 5) is 34.9. The number of esters is 2. The molecule has 1 aromatic carbocycles. The van der Waals surface area contributed by atoms with E-state index in [0.717, 1.165) is 53.4 Å². The van der Waals surface area contributed by atoms with E-state index in [4.69, 9.17) is 30.5 Å². The standard InChI is InChI=1S/C37H42ClN3O6S/c1-4-32(44-2)33(45-3)13-10-28(20-27-14-17-39-23-31(27)38)46-35(42)21-29-11-12-30(48-29)22-40-36(26-8-6-5-7-9-26)37(43)47-34-24-41-18-15-25(34)16-19-41/h4-14,17,23,25,28,34,36,40H,1,15-16,18-22,24H2,2-3H3/b13-10+,33-32-/t28-,34+,36?/m1/s1. The predicted molar refractivity (Wildman–Crippen MR) is 186 cm³/mol. The van der Waals surface area contributed by atoms with Crippen molar-refractivity contribution in [2.24, 2.45) is 5.92 Å². The number of thiophene rings is 1. The van der Waals surface area contributed by atoms with Crippen molar-refractivity contribution in [3.05, 3.63) is 123 Å². The zero-order valence-corrected chi connectivity index (χ0v) is 28.9. The molecule has 3 atom stereocenters. The van der Waals surface area contributed by atoms with Gasteiger partial charge in [0.2, 0.25) is 0 Å². The highest BCUT2D eigenvalue weighted by Crippen LogP contribution is 2.31. The van der Waals surface area contributed by atoms with E-state index in [2.05, 4.69) is 21.8 Å². The van der Waals surface area contributed by atoms with Crippen LogP contribution in [0.4, 0.5) is 0 Å². The van der Waals surface area contributed by atoms with E-state index in [1.165, 1.54) is 31.6 Å². The van der Waals surface area contributed by atoms with Gasteiger partial charge in [-0.15, -0.1) is 11.3 Å². The molecule has 1 unspecified atom stereocenters. The average molecular weight is 692 g/mol. The van der Waals surface area contributed by atoms with Gasteiger partial charge in [-0.2, -0.15) is 0 Å². The third-order valence-electron chi connectivity index (χ3n) is 8.64. The lowest BCUT2D eigenvalue weighted by molar-refractivity contribution is -0.161. The number of piperidine rings is 3. The highest BCUT2D eigenvalue weighted by Gasteiger charge is 2.37. The number of rotatable bonds is 16. The number of fused-ring (bicyclic) bond motifs is 3. The fraction of sp³-hybridized carbons (Fsp3) is 0.378. The van der Waals surface area contributed by atoms with Crippen LogP contribution in [0.1, 0.15) is 39.8 Å². The van der Waals surface area contributed by atoms with Gasteiger partial charge in [-0.3, -0.25) is 20.0 Å². The lowest BCUT2D eigenvalue weighted by Gasteiger charge is -2.44. The van der Waals surface area contributed by atoms with Crippen molar-refractivity contribution >= 4 is 34.9 Å². The number of ether oxygens (including phenoxy) is 4. The second-order valence-corrected chi connectivity index (χ2v) is 13.4. The van der Waals surface area contributed by atoms with Gasteiger partial charge in [-0.05, 0) is 79.4 Å². The first kappa shape index (κ1) is 35.3. The van der Waals surface area contributed by atoms with Gasteiger partial charge in [0.05, 0.1) is 25.7 Å². The average Bonchev–Trinajstić information content (AvgIpc) is 3.55. The summed E-state index contributed by atoms with van der Waals surface area (Å²) in [7, 11) is 3.05. The van der Waals surface area contributed by atoms with Gasteiger partial charge >= 0.3 is 11.9 Å². The van der Waals surface area contributed by atoms with E-state index in [0.29, 0.717) is 35.4 Å². The molecule has 3 aliphatic rings. The molecular formula is C37H42ClN3O6S. The second kappa shape index (κ2) is 17.4. The Kier molecular flexibility index (Phi) is 12.8. The zero-order chi connectivity index (χ0) is 33.9. The second-order valence-electron chi connectivity index (χ2n) is 11.8. The van der Waals surface area contributed by atoms with Crippen molar-refractivity contribution in [1.29, 1.82) is 0 Å². The van der Waals surface area contributed by atoms with Crippen LogP contribution in [0.5, 0.6) is 0 Å². The van der Waals surface area contributed by atoms with Crippen LogP contribution < -0.4 is 5.32 Å². The number of methoxy groups -OCH3 is 2. The molecule has 9 nitrogen and oxygen atoms in total. The van der Waals surface area contributed by atoms with E-state index in [1.54, 1.807) is 30.6 Å². The molecule has 0 radical (unpaired) electrons. The Hall–Kier alpha value is -3.96. The van der Waals surface area contributed by atoms with Crippen LogP contribution in [-0.4, -0.2) is 67.9 Å². The number of aromatic nitrogens is 1. The van der Waals surface area contributed by atoms with Crippen molar-refractivity contribution in [2.75, 3.05) is 33.9 Å². The van der Waals surface area contributed by atoms with Gasteiger partial charge < -0.3 is 18.9 Å². The molecule has 1 N–H and O–H groups in total. The summed E-state index contributed by atoms with van der Waals surface area (Å²) in [6.45, 7) is 7.17. The Morgan fingerprint density at radius 1 is 1.08 bits per heavy atom. The molecule has 3 saturated heterocycles. The van der Waals surface area contributed by atoms with E-state index >= 15 is 0 Å². The molecule has 2 bridgehead atoms. The Morgan fingerprint density at radius 3 is 2.50 bits per heavy atom. The van der Waals surface area contributed by atoms with Gasteiger partial charge in [-0.25, -0.2) is 4.79 Å². The van der Waals surface area contributed by atoms with Gasteiger partial charge in [0.25, 0.3) is 0 Å². The fourth-order valence-electron chi connectivity index (χ4n) is 6.08. The highest BCUT2D eigenvalue weighted by molar-refractivity contribution is 7.12. The maximum Gasteiger partial charge on any atom is 0.328 e. The Balaban J connectivity index is 1.22. The Bertz CT molecular complexity index is 1600. The highest BCUT2D eigenvalue weighted by atomic mass is 35.5. The van der Waals surface area contributed by atoms with E-state index in [9.17, 15) is 9.59 Å². The number of halogens is 1. The molecule has 2 aromatic heterocycles. The molecular weight excluding hydrogens is 650 g/mol. The maximum absolute atomic E-state index is 13.5. The lowest BCUT2D eigenvalue weighted by Crippen LogP contribution is -2.52. The first-order valence-corrected chi connectivity index (χ1v) is 17.3. The largest absolute Gasteiger partial charge is 0.493 e. The van der Waals surface area contributed by atoms with E-state index in [-0.39, 0.29) is 18.5 Å². The number of hydrogen-bond donors (Lipinski definition) is 1. The summed E-state index contributed by atoms with van der Waals surface area (Å²) < 4.78 is 22.8. The minimum Gasteiger partial charge on any atom is -0.493 e. The maximum atomic E-state index is 13.5. The molecule has 0 saturated carbocycles. The minimum atomic E-state index is -0.639. The zero-order valence-electron chi connectivity index (χ0n) is 27.3. The van der Waals surface area contributed by atoms with Crippen LogP contribution in [0.25, 0.3) is 0 Å². The number of nitrogens with zero attached hydrogens (tertiary/aromatic N) is 2. The lowest BCUT2D eigenvalue weighted by atomic mass is 9.86. The molecule has 0 amide bonds. The number of carbonyl (C=O) groups excluding carboxylic acids is 2. The van der Waals surface area contributed by atoms with Crippen LogP contribution in [0, 0.1) is 5.92 Å². The van der Waals surface area contributed by atoms with Crippen LogP contribution in [-0.2, 0) is 47.9 Å². The third-order valence-corrected chi connectivity index (χ3v) is 10.1. The molecule has 5 heterocycles. The number of nitrogens with one attached hydrogen (secondary N) is 1. The Morgan fingerprint density at radius 2 is 1.83 bits per heavy atom. The topological polar surface area (TPSA) is 99.2 Å². The van der Waals surface area contributed by atoms with Gasteiger partial charge in [0, 0.05) is 41.7 Å². The summed E-state index contributed by atoms with van der Waals surface area (Å²) in [5.41, 5.74) is 1.65. The summed E-state index contributed by atoms with van der Waals surface area (Å²) in [5, 5.41) is 3.90. The van der Waals surface area contributed by atoms with Crippen molar-refractivity contribution in [3.8, 4) is 0 Å². The summed E-state index contributed by atoms with van der Waals surface area (Å²) in [6, 6.07) is 14.7. The third kappa shape index (κ3) is 9.56. The Labute approximate surface area is 291 Å². The van der Waals surface area contributed by atoms with Crippen molar-refractivity contribution in [1.82, 2.24) is 15.2 Å². The molecule has 11 heteroatoms. The normalized spacial score (nSPS) is 20.4. The number of benzene rings is 1. The first-order valence-electron chi connectivity index (χ1n) is 16.1. The number of allylic oxidation sites excluding steroid dienone is 2. The molecule has 3 fully saturated rings. The van der Waals surface area contributed by atoms with Gasteiger partial charge in [0.1, 0.15) is 18.2 Å². The number of carbonyl (C=O) groups is 2. The van der Waals surface area contributed by atoms with Crippen molar-refractivity contribution in [3.63, 3.8) is 0 Å². The van der Waals surface area contributed by atoms with E-state index in [1.807, 2.05) is 42.5 Å². The minimum absolute atomic E-state index is 0.0678. The SMILES string of the molecule is C=C/C(OC)=C(\C=C\[C@H](Cc1ccncc1Cl)OC(=O)Cc1ccc(CNC(C(=O)O[C@H]2CN3CCC2CC3)c2ccccc2)s1)OC. The molecule has 254 valence electrons. The molecule has 0 spiro atoms. The summed E-state index contributed by atoms with van der Waals surface area (Å²) in [5.74, 6) is 0.665. The summed E-state index contributed by atoms with van der Waals surface area (Å²) in [6.07, 6.45) is 10.0. The number of hydrogen-bond acceptors (Lipinski definition) is 10. The smallest absolute Gasteiger partial charge is 0.328 e. The molecule has 3 aliphatic heterocycles. The fourth-order valence-corrected chi connectivity index (χ4v) is 7.23. The molecule has 3 aromatic rings. The molecule has 0 aliphatic carbocycles.